The summed E-state index contributed by atoms with van der Waals surface area (Å²) in [6.45, 7) is 1.53. The van der Waals surface area contributed by atoms with E-state index in [4.69, 9.17) is 4.74 Å². The number of nitrogens with zero attached hydrogens (tertiary/aromatic N) is 3. The fourth-order valence-electron chi connectivity index (χ4n) is 3.31. The SMILES string of the molecule is COc1ccc(CCC(=O)N2CC(n3cnc4ccccc43)C2)cc1. The smallest absolute Gasteiger partial charge is 0.223 e. The van der Waals surface area contributed by atoms with Gasteiger partial charge in [0, 0.05) is 19.5 Å². The molecule has 1 aliphatic rings. The first-order valence-electron chi connectivity index (χ1n) is 8.57. The van der Waals surface area contributed by atoms with Crippen LogP contribution in [0.1, 0.15) is 18.0 Å². The number of para-hydroxylation sites is 2. The molecular weight excluding hydrogens is 314 g/mol. The zero-order chi connectivity index (χ0) is 17.2. The Labute approximate surface area is 146 Å². The number of carbonyl (C=O) groups is 1. The average Bonchev–Trinajstić information content (AvgIpc) is 3.03. The number of carbonyl (C=O) groups excluding carboxylic acids is 1. The van der Waals surface area contributed by atoms with Gasteiger partial charge in [0.15, 0.2) is 0 Å². The highest BCUT2D eigenvalue weighted by atomic mass is 16.5. The van der Waals surface area contributed by atoms with Crippen molar-refractivity contribution < 1.29 is 9.53 Å². The number of ether oxygens (including phenoxy) is 1. The minimum Gasteiger partial charge on any atom is -0.497 e. The van der Waals surface area contributed by atoms with Gasteiger partial charge in [0.2, 0.25) is 5.91 Å². The summed E-state index contributed by atoms with van der Waals surface area (Å²) in [4.78, 5) is 18.7. The number of hydrogen-bond donors (Lipinski definition) is 0. The van der Waals surface area contributed by atoms with E-state index in [0.717, 1.165) is 41.9 Å². The molecule has 1 saturated heterocycles. The number of imidazole rings is 1. The fraction of sp³-hybridized carbons (Fsp3) is 0.300. The number of aromatic nitrogens is 2. The summed E-state index contributed by atoms with van der Waals surface area (Å²) in [5.41, 5.74) is 3.30. The average molecular weight is 335 g/mol. The lowest BCUT2D eigenvalue weighted by atomic mass is 10.1. The number of hydrogen-bond acceptors (Lipinski definition) is 3. The number of rotatable bonds is 5. The lowest BCUT2D eigenvalue weighted by molar-refractivity contribution is -0.136. The second-order valence-corrected chi connectivity index (χ2v) is 6.44. The van der Waals surface area contributed by atoms with Gasteiger partial charge < -0.3 is 14.2 Å². The van der Waals surface area contributed by atoms with Crippen molar-refractivity contribution in [2.24, 2.45) is 0 Å². The molecule has 5 nitrogen and oxygen atoms in total. The van der Waals surface area contributed by atoms with Crippen LogP contribution < -0.4 is 4.74 Å². The van der Waals surface area contributed by atoms with Crippen molar-refractivity contribution in [1.82, 2.24) is 14.5 Å². The third-order valence-electron chi connectivity index (χ3n) is 4.88. The monoisotopic (exact) mass is 335 g/mol. The van der Waals surface area contributed by atoms with Crippen LogP contribution in [-0.2, 0) is 11.2 Å². The highest BCUT2D eigenvalue weighted by molar-refractivity contribution is 5.78. The molecule has 0 bridgehead atoms. The summed E-state index contributed by atoms with van der Waals surface area (Å²) in [7, 11) is 1.66. The van der Waals surface area contributed by atoms with E-state index in [9.17, 15) is 4.79 Å². The Balaban J connectivity index is 1.31. The van der Waals surface area contributed by atoms with Crippen molar-refractivity contribution in [3.05, 3.63) is 60.4 Å². The molecule has 1 amide bonds. The van der Waals surface area contributed by atoms with Crippen LogP contribution >= 0.6 is 0 Å². The molecule has 0 aliphatic carbocycles. The maximum atomic E-state index is 12.4. The van der Waals surface area contributed by atoms with Crippen molar-refractivity contribution in [2.45, 2.75) is 18.9 Å². The molecule has 1 fully saturated rings. The topological polar surface area (TPSA) is 47.4 Å². The van der Waals surface area contributed by atoms with Gasteiger partial charge >= 0.3 is 0 Å². The van der Waals surface area contributed by atoms with Crippen LogP contribution in [0.5, 0.6) is 5.75 Å². The molecule has 0 spiro atoms. The molecular formula is C20H21N3O2. The van der Waals surface area contributed by atoms with Crippen molar-refractivity contribution in [3.8, 4) is 5.75 Å². The predicted molar refractivity (Wildman–Crippen MR) is 96.7 cm³/mol. The summed E-state index contributed by atoms with van der Waals surface area (Å²) in [6, 6.07) is 16.3. The Morgan fingerprint density at radius 2 is 1.92 bits per heavy atom. The van der Waals surface area contributed by atoms with E-state index in [1.54, 1.807) is 7.11 Å². The summed E-state index contributed by atoms with van der Waals surface area (Å²) >= 11 is 0. The number of aryl methyl sites for hydroxylation is 1. The largest absolute Gasteiger partial charge is 0.497 e. The van der Waals surface area contributed by atoms with E-state index in [2.05, 4.69) is 15.6 Å². The Kier molecular flexibility index (Phi) is 4.14. The Morgan fingerprint density at radius 1 is 1.16 bits per heavy atom. The number of likely N-dealkylation sites (tertiary alicyclic amines) is 1. The summed E-state index contributed by atoms with van der Waals surface area (Å²) in [5, 5.41) is 0. The lowest BCUT2D eigenvalue weighted by Gasteiger charge is -2.40. The molecule has 0 N–H and O–H groups in total. The van der Waals surface area contributed by atoms with Crippen LogP contribution in [0.2, 0.25) is 0 Å². The van der Waals surface area contributed by atoms with Crippen LogP contribution in [0.3, 0.4) is 0 Å². The minimum absolute atomic E-state index is 0.219. The van der Waals surface area contributed by atoms with Gasteiger partial charge in [-0.15, -0.1) is 0 Å². The van der Waals surface area contributed by atoms with Crippen LogP contribution in [0.15, 0.2) is 54.9 Å². The van der Waals surface area contributed by atoms with Crippen molar-refractivity contribution >= 4 is 16.9 Å². The zero-order valence-corrected chi connectivity index (χ0v) is 14.3. The third-order valence-corrected chi connectivity index (χ3v) is 4.88. The molecule has 128 valence electrons. The molecule has 4 rings (SSSR count). The Morgan fingerprint density at radius 3 is 2.68 bits per heavy atom. The Hall–Kier alpha value is -2.82. The zero-order valence-electron chi connectivity index (χ0n) is 14.3. The van der Waals surface area contributed by atoms with E-state index in [-0.39, 0.29) is 5.91 Å². The molecule has 5 heteroatoms. The molecule has 3 aromatic rings. The first kappa shape index (κ1) is 15.7. The van der Waals surface area contributed by atoms with Gasteiger partial charge in [-0.3, -0.25) is 4.79 Å². The van der Waals surface area contributed by atoms with Gasteiger partial charge in [-0.25, -0.2) is 4.98 Å². The van der Waals surface area contributed by atoms with E-state index < -0.39 is 0 Å². The third kappa shape index (κ3) is 3.09. The van der Waals surface area contributed by atoms with Crippen LogP contribution in [0.4, 0.5) is 0 Å². The second kappa shape index (κ2) is 6.59. The van der Waals surface area contributed by atoms with E-state index in [1.807, 2.05) is 53.7 Å². The minimum atomic E-state index is 0.219. The summed E-state index contributed by atoms with van der Waals surface area (Å²) in [5.74, 6) is 1.06. The van der Waals surface area contributed by atoms with Crippen LogP contribution in [0.25, 0.3) is 11.0 Å². The first-order valence-corrected chi connectivity index (χ1v) is 8.57. The summed E-state index contributed by atoms with van der Waals surface area (Å²) in [6.07, 6.45) is 3.19. The van der Waals surface area contributed by atoms with Gasteiger partial charge in [0.1, 0.15) is 5.75 Å². The van der Waals surface area contributed by atoms with E-state index >= 15 is 0 Å². The predicted octanol–water partition coefficient (Wildman–Crippen LogP) is 3.06. The maximum absolute atomic E-state index is 12.4. The molecule has 2 aromatic carbocycles. The Bertz CT molecular complexity index is 879. The molecule has 1 aromatic heterocycles. The number of fused-ring (bicyclic) bond motifs is 1. The van der Waals surface area contributed by atoms with E-state index in [1.165, 1.54) is 0 Å². The number of benzene rings is 2. The molecule has 2 heterocycles. The second-order valence-electron chi connectivity index (χ2n) is 6.44. The van der Waals surface area contributed by atoms with Gasteiger partial charge in [0.05, 0.1) is 30.5 Å². The summed E-state index contributed by atoms with van der Waals surface area (Å²) < 4.78 is 7.34. The lowest BCUT2D eigenvalue weighted by Crippen LogP contribution is -2.50. The van der Waals surface area contributed by atoms with Crippen LogP contribution in [0, 0.1) is 0 Å². The van der Waals surface area contributed by atoms with Gasteiger partial charge in [-0.2, -0.15) is 0 Å². The maximum Gasteiger partial charge on any atom is 0.223 e. The number of methoxy groups -OCH3 is 1. The standard InChI is InChI=1S/C20H21N3O2/c1-25-17-9-6-15(7-10-17)8-11-20(24)22-12-16(13-22)23-14-21-18-4-2-3-5-19(18)23/h2-7,9-10,14,16H,8,11-13H2,1H3. The number of amides is 1. The van der Waals surface area contributed by atoms with Gasteiger partial charge in [-0.1, -0.05) is 24.3 Å². The highest BCUT2D eigenvalue weighted by Crippen LogP contribution is 2.26. The van der Waals surface area contributed by atoms with Gasteiger partial charge in [-0.05, 0) is 36.2 Å². The van der Waals surface area contributed by atoms with Crippen molar-refractivity contribution in [2.75, 3.05) is 20.2 Å². The van der Waals surface area contributed by atoms with E-state index in [0.29, 0.717) is 12.5 Å². The van der Waals surface area contributed by atoms with Crippen molar-refractivity contribution in [1.29, 1.82) is 0 Å². The fourth-order valence-corrected chi connectivity index (χ4v) is 3.31. The normalized spacial score (nSPS) is 14.5. The highest BCUT2D eigenvalue weighted by Gasteiger charge is 2.32. The molecule has 0 atom stereocenters. The quantitative estimate of drug-likeness (QED) is 0.720. The molecule has 0 unspecified atom stereocenters. The van der Waals surface area contributed by atoms with Crippen LogP contribution in [-0.4, -0.2) is 40.6 Å². The molecule has 25 heavy (non-hydrogen) atoms. The van der Waals surface area contributed by atoms with Crippen molar-refractivity contribution in [3.63, 3.8) is 0 Å². The first-order chi connectivity index (χ1) is 12.2. The molecule has 1 aliphatic heterocycles. The molecule has 0 radical (unpaired) electrons. The molecule has 0 saturated carbocycles. The van der Waals surface area contributed by atoms with Gasteiger partial charge in [0.25, 0.3) is 0 Å².